The van der Waals surface area contributed by atoms with E-state index in [9.17, 15) is 23.6 Å². The Morgan fingerprint density at radius 1 is 0.851 bits per heavy atom. The lowest BCUT2D eigenvalue weighted by Gasteiger charge is -2.32. The number of nitrogens with one attached hydrogen (secondary N) is 1. The molecule has 2 rings (SSSR count). The fourth-order valence-corrected chi connectivity index (χ4v) is 4.87. The zero-order valence-corrected chi connectivity index (χ0v) is 29.3. The topological polar surface area (TPSA) is 111 Å². The van der Waals surface area contributed by atoms with E-state index >= 15 is 0 Å². The molecule has 0 aliphatic heterocycles. The third-order valence-corrected chi connectivity index (χ3v) is 7.61. The van der Waals surface area contributed by atoms with E-state index in [4.69, 9.17) is 14.2 Å². The Kier molecular flexibility index (Phi) is 14.4. The van der Waals surface area contributed by atoms with Gasteiger partial charge in [0.25, 0.3) is 5.91 Å². The predicted molar refractivity (Wildman–Crippen MR) is 179 cm³/mol. The fourth-order valence-electron chi connectivity index (χ4n) is 4.87. The van der Waals surface area contributed by atoms with Crippen molar-refractivity contribution in [1.29, 1.82) is 0 Å². The lowest BCUT2D eigenvalue weighted by atomic mass is 9.87. The Morgan fingerprint density at radius 3 is 1.96 bits per heavy atom. The molecule has 47 heavy (non-hydrogen) atoms. The molecule has 0 aromatic heterocycles. The molecule has 0 unspecified atom stereocenters. The van der Waals surface area contributed by atoms with Crippen LogP contribution in [0.15, 0.2) is 54.6 Å². The summed E-state index contributed by atoms with van der Waals surface area (Å²) in [5.74, 6) is -2.74. The molecule has 4 atom stereocenters. The fraction of sp³-hybridized carbons (Fsp3) is 0.541. The van der Waals surface area contributed by atoms with Gasteiger partial charge in [0.05, 0.1) is 6.92 Å². The van der Waals surface area contributed by atoms with Gasteiger partial charge in [-0.3, -0.25) is 9.59 Å². The van der Waals surface area contributed by atoms with Crippen molar-refractivity contribution in [2.45, 2.75) is 110 Å². The molecule has 0 saturated heterocycles. The van der Waals surface area contributed by atoms with Crippen LogP contribution in [-0.4, -0.2) is 72.8 Å². The molecular formula is C37H52FN2O7+. The highest BCUT2D eigenvalue weighted by molar-refractivity contribution is 5.90. The molecule has 0 fully saturated rings. The van der Waals surface area contributed by atoms with Gasteiger partial charge in [-0.05, 0) is 64.3 Å². The summed E-state index contributed by atoms with van der Waals surface area (Å²) in [6.07, 6.45) is -2.67. The first-order valence-electron chi connectivity index (χ1n) is 16.0. The van der Waals surface area contributed by atoms with Crippen LogP contribution in [0.5, 0.6) is 0 Å². The number of ether oxygens (including phenoxy) is 3. The molecule has 1 amide bonds. The number of rotatable bonds is 17. The first-order valence-corrected chi connectivity index (χ1v) is 16.0. The number of hydrogen-bond acceptors (Lipinski definition) is 8. The second-order valence-electron chi connectivity index (χ2n) is 13.8. The summed E-state index contributed by atoms with van der Waals surface area (Å²) in [6, 6.07) is 14.5. The van der Waals surface area contributed by atoms with Crippen LogP contribution in [0, 0.1) is 12.3 Å². The maximum atomic E-state index is 14.5. The molecule has 0 spiro atoms. The average Bonchev–Trinajstić information content (AvgIpc) is 2.99. The van der Waals surface area contributed by atoms with Gasteiger partial charge in [0, 0.05) is 26.3 Å². The number of hydrogen-bond donors (Lipinski definition) is 1. The smallest absolute Gasteiger partial charge is 0.347 e. The highest BCUT2D eigenvalue weighted by Crippen LogP contribution is 2.26. The molecule has 0 aliphatic carbocycles. The third kappa shape index (κ3) is 13.4. The van der Waals surface area contributed by atoms with Gasteiger partial charge >= 0.3 is 17.9 Å². The Bertz CT molecular complexity index is 1320. The zero-order valence-electron chi connectivity index (χ0n) is 29.3. The van der Waals surface area contributed by atoms with Gasteiger partial charge in [0.15, 0.2) is 12.2 Å². The number of likely N-dealkylation sites (N-methyl/N-ethyl adjacent to an activating group) is 2. The Morgan fingerprint density at radius 2 is 1.45 bits per heavy atom. The maximum absolute atomic E-state index is 14.5. The minimum atomic E-state index is -1.68. The number of alkyl halides is 1. The number of carbonyl (C=O) groups is 4. The Labute approximate surface area is 279 Å². The van der Waals surface area contributed by atoms with Crippen LogP contribution in [0.1, 0.15) is 83.9 Å². The van der Waals surface area contributed by atoms with Gasteiger partial charge in [-0.15, -0.1) is 0 Å². The number of nitrogens with zero attached hydrogens (tertiary/aromatic N) is 1. The van der Waals surface area contributed by atoms with Crippen molar-refractivity contribution in [3.8, 4) is 0 Å². The van der Waals surface area contributed by atoms with E-state index < -0.39 is 59.2 Å². The second-order valence-corrected chi connectivity index (χ2v) is 13.8. The number of halogens is 1. The summed E-state index contributed by atoms with van der Waals surface area (Å²) in [5.41, 5.74) is 0.244. The molecule has 0 heterocycles. The van der Waals surface area contributed by atoms with Gasteiger partial charge in [-0.1, -0.05) is 68.4 Å². The highest BCUT2D eigenvalue weighted by Gasteiger charge is 2.40. The largest absolute Gasteiger partial charge is 0.458 e. The summed E-state index contributed by atoms with van der Waals surface area (Å²) in [5, 5.41) is 2.77. The van der Waals surface area contributed by atoms with E-state index in [1.54, 1.807) is 26.0 Å². The van der Waals surface area contributed by atoms with E-state index in [2.05, 4.69) is 26.1 Å². The number of benzene rings is 2. The van der Waals surface area contributed by atoms with Crippen LogP contribution in [-0.2, 0) is 46.4 Å². The van der Waals surface area contributed by atoms with E-state index in [0.717, 1.165) is 16.7 Å². The molecule has 2 aromatic rings. The standard InChI is InChI=1S/C37H52FN2O7/c1-24(2)28-18-16-26(17-19-28)20-31(47-34(43)29(39-9)21-37(7,8)38)32(41)40(10)30(22-36(4,5)6)35(44)46-25(3)33(42)45-23-27-14-12-11-13-15-27/h11-19,24-25,29-31,39H,4,20-23H2,1-3,5-10H3/q+1/t25-,29+,30+,31-/m1/s1. The molecule has 0 aliphatic rings. The third-order valence-electron chi connectivity index (χ3n) is 7.61. The second kappa shape index (κ2) is 17.3. The van der Waals surface area contributed by atoms with Gasteiger partial charge in [-0.25, -0.2) is 14.0 Å². The van der Waals surface area contributed by atoms with Crippen molar-refractivity contribution in [2.24, 2.45) is 5.41 Å². The molecular weight excluding hydrogens is 603 g/mol. The van der Waals surface area contributed by atoms with E-state index in [1.807, 2.05) is 42.5 Å². The van der Waals surface area contributed by atoms with E-state index in [0.29, 0.717) is 5.92 Å². The average molecular weight is 656 g/mol. The molecule has 0 radical (unpaired) electrons. The summed E-state index contributed by atoms with van der Waals surface area (Å²) >= 11 is 0. The molecule has 2 aromatic carbocycles. The zero-order chi connectivity index (χ0) is 35.5. The number of carbonyl (C=O) groups excluding carboxylic acids is 4. The van der Waals surface area contributed by atoms with Gasteiger partial charge < -0.3 is 24.4 Å². The minimum Gasteiger partial charge on any atom is -0.458 e. The summed E-state index contributed by atoms with van der Waals surface area (Å²) in [4.78, 5) is 54.8. The van der Waals surface area contributed by atoms with Crippen molar-refractivity contribution in [3.63, 3.8) is 0 Å². The van der Waals surface area contributed by atoms with Gasteiger partial charge in [0.2, 0.25) is 0 Å². The Hall–Kier alpha value is -3.92. The summed E-state index contributed by atoms with van der Waals surface area (Å²) in [6.45, 7) is 15.9. The monoisotopic (exact) mass is 655 g/mol. The van der Waals surface area contributed by atoms with Gasteiger partial charge in [-0.2, -0.15) is 0 Å². The quantitative estimate of drug-likeness (QED) is 0.131. The molecule has 10 heteroatoms. The molecule has 0 saturated carbocycles. The van der Waals surface area contributed by atoms with Crippen molar-refractivity contribution >= 4 is 23.8 Å². The summed E-state index contributed by atoms with van der Waals surface area (Å²) < 4.78 is 31.1. The van der Waals surface area contributed by atoms with Gasteiger partial charge in [0.1, 0.15) is 29.8 Å². The van der Waals surface area contributed by atoms with E-state index in [-0.39, 0.29) is 25.9 Å². The molecule has 0 bridgehead atoms. The van der Waals surface area contributed by atoms with Crippen LogP contribution in [0.4, 0.5) is 4.39 Å². The molecule has 258 valence electrons. The van der Waals surface area contributed by atoms with Crippen LogP contribution >= 0.6 is 0 Å². The first-order chi connectivity index (χ1) is 21.8. The van der Waals surface area contributed by atoms with Crippen LogP contribution in [0.25, 0.3) is 0 Å². The minimum absolute atomic E-state index is 0.00763. The highest BCUT2D eigenvalue weighted by atomic mass is 19.1. The number of amides is 1. The van der Waals surface area contributed by atoms with Crippen LogP contribution < -0.4 is 5.32 Å². The molecule has 1 N–H and O–H groups in total. The van der Waals surface area contributed by atoms with Crippen molar-refractivity contribution in [3.05, 3.63) is 78.2 Å². The van der Waals surface area contributed by atoms with Crippen molar-refractivity contribution < 1.29 is 37.8 Å². The van der Waals surface area contributed by atoms with Crippen molar-refractivity contribution in [1.82, 2.24) is 10.2 Å². The lowest BCUT2D eigenvalue weighted by molar-refractivity contribution is -0.174. The van der Waals surface area contributed by atoms with Crippen LogP contribution in [0.3, 0.4) is 0 Å². The SMILES string of the molecule is [CH2+]C(C)(C)C[C@@H](C(=O)O[C@H](C)C(=O)OCc1ccccc1)N(C)C(=O)[C@@H](Cc1ccc(C(C)C)cc1)OC(=O)[C@H](CC(C)(C)F)NC. The first kappa shape index (κ1) is 39.3. The van der Waals surface area contributed by atoms with Crippen molar-refractivity contribution in [2.75, 3.05) is 14.1 Å². The summed E-state index contributed by atoms with van der Waals surface area (Å²) in [7, 11) is 2.93. The van der Waals surface area contributed by atoms with E-state index in [1.165, 1.54) is 39.8 Å². The molecule has 9 nitrogen and oxygen atoms in total. The lowest BCUT2D eigenvalue weighted by Crippen LogP contribution is -2.52. The maximum Gasteiger partial charge on any atom is 0.347 e. The predicted octanol–water partition coefficient (Wildman–Crippen LogP) is 5.74. The normalized spacial score (nSPS) is 14.4. The Balaban J connectivity index is 2.33. The number of esters is 3. The van der Waals surface area contributed by atoms with Crippen LogP contribution in [0.2, 0.25) is 0 Å².